The molecule has 2 aliphatic heterocycles. The predicted molar refractivity (Wildman–Crippen MR) is 110 cm³/mol. The molecule has 28 heavy (non-hydrogen) atoms. The number of imide groups is 1. The quantitative estimate of drug-likeness (QED) is 0.722. The molecule has 0 aromatic heterocycles. The smallest absolute Gasteiger partial charge is 0.416 e. The number of carbonyl (C=O) groups excluding carboxylic acids is 2. The number of benzene rings is 2. The largest absolute Gasteiger partial charge is 0.447 e. The van der Waals surface area contributed by atoms with Crippen LogP contribution >= 0.6 is 15.9 Å². The van der Waals surface area contributed by atoms with E-state index in [1.807, 2.05) is 56.3 Å². The Bertz CT molecular complexity index is 958. The van der Waals surface area contributed by atoms with Gasteiger partial charge in [-0.3, -0.25) is 9.80 Å². The fraction of sp³-hybridized carbons (Fsp3) is 0.286. The third kappa shape index (κ3) is 3.30. The van der Waals surface area contributed by atoms with E-state index in [-0.39, 0.29) is 25.0 Å². The summed E-state index contributed by atoms with van der Waals surface area (Å²) in [5.41, 5.74) is 3.73. The van der Waals surface area contributed by atoms with Gasteiger partial charge in [-0.2, -0.15) is 5.10 Å². The molecule has 2 aliphatic rings. The summed E-state index contributed by atoms with van der Waals surface area (Å²) >= 11 is 3.44. The maximum atomic E-state index is 13.3. The molecule has 0 spiro atoms. The van der Waals surface area contributed by atoms with E-state index in [2.05, 4.69) is 22.0 Å². The molecule has 2 atom stereocenters. The zero-order valence-corrected chi connectivity index (χ0v) is 17.2. The number of hydrogen-bond acceptors (Lipinski definition) is 5. The first-order chi connectivity index (χ1) is 13.5. The third-order valence-electron chi connectivity index (χ3n) is 5.07. The molecule has 6 nitrogen and oxygen atoms in total. The molecule has 2 amide bonds. The highest BCUT2D eigenvalue weighted by molar-refractivity contribution is 9.10. The summed E-state index contributed by atoms with van der Waals surface area (Å²) in [6, 6.07) is 15.1. The van der Waals surface area contributed by atoms with Crippen molar-refractivity contribution < 1.29 is 14.3 Å². The topological polar surface area (TPSA) is 62.2 Å². The number of carbonyl (C=O) groups is 2. The van der Waals surface area contributed by atoms with Gasteiger partial charge in [-0.25, -0.2) is 9.69 Å². The van der Waals surface area contributed by atoms with E-state index in [4.69, 9.17) is 9.84 Å². The fourth-order valence-electron chi connectivity index (χ4n) is 3.64. The van der Waals surface area contributed by atoms with Crippen molar-refractivity contribution in [3.05, 3.63) is 64.1 Å². The lowest BCUT2D eigenvalue weighted by atomic mass is 9.91. The van der Waals surface area contributed by atoms with Crippen LogP contribution in [0.5, 0.6) is 0 Å². The molecule has 2 aromatic carbocycles. The number of nitrogens with zero attached hydrogens (tertiary/aromatic N) is 3. The second-order valence-electron chi connectivity index (χ2n) is 7.01. The number of hydrazone groups is 1. The monoisotopic (exact) mass is 441 g/mol. The second-order valence-corrected chi connectivity index (χ2v) is 7.93. The molecule has 0 bridgehead atoms. The fourth-order valence-corrected chi connectivity index (χ4v) is 3.90. The van der Waals surface area contributed by atoms with Crippen LogP contribution in [0, 0.1) is 12.8 Å². The van der Waals surface area contributed by atoms with Gasteiger partial charge in [0.25, 0.3) is 5.91 Å². The predicted octanol–water partition coefficient (Wildman–Crippen LogP) is 3.97. The SMILES string of the molecule is Cc1cccc(C2=NN(c3ccc(Br)cc3)[C@@H](C(=O)N3CCOC3=O)[C@@H]2C)c1. The molecule has 4 rings (SSSR count). The van der Waals surface area contributed by atoms with E-state index >= 15 is 0 Å². The average molecular weight is 442 g/mol. The van der Waals surface area contributed by atoms with Crippen molar-refractivity contribution in [1.82, 2.24) is 4.90 Å². The number of anilines is 1. The number of aryl methyl sites for hydroxylation is 1. The third-order valence-corrected chi connectivity index (χ3v) is 5.60. The van der Waals surface area contributed by atoms with Crippen LogP contribution in [0.3, 0.4) is 0 Å². The highest BCUT2D eigenvalue weighted by Gasteiger charge is 2.45. The first-order valence-electron chi connectivity index (χ1n) is 9.14. The van der Waals surface area contributed by atoms with E-state index in [9.17, 15) is 9.59 Å². The Labute approximate surface area is 171 Å². The van der Waals surface area contributed by atoms with Gasteiger partial charge in [-0.05, 0) is 36.8 Å². The van der Waals surface area contributed by atoms with Crippen LogP contribution in [0.2, 0.25) is 0 Å². The van der Waals surface area contributed by atoms with Gasteiger partial charge in [0.1, 0.15) is 12.6 Å². The molecule has 2 heterocycles. The summed E-state index contributed by atoms with van der Waals surface area (Å²) in [5.74, 6) is -0.476. The minimum absolute atomic E-state index is 0.189. The van der Waals surface area contributed by atoms with Crippen molar-refractivity contribution in [3.63, 3.8) is 0 Å². The summed E-state index contributed by atoms with van der Waals surface area (Å²) < 4.78 is 5.91. The molecule has 0 saturated carbocycles. The van der Waals surface area contributed by atoms with Crippen LogP contribution in [0.4, 0.5) is 10.5 Å². The van der Waals surface area contributed by atoms with Gasteiger partial charge in [0.15, 0.2) is 0 Å². The number of rotatable bonds is 3. The second kappa shape index (κ2) is 7.39. The number of amides is 2. The Hall–Kier alpha value is -2.67. The van der Waals surface area contributed by atoms with E-state index < -0.39 is 12.1 Å². The first kappa shape index (κ1) is 18.7. The molecule has 0 N–H and O–H groups in total. The van der Waals surface area contributed by atoms with Crippen LogP contribution in [0.25, 0.3) is 0 Å². The van der Waals surface area contributed by atoms with Crippen LogP contribution < -0.4 is 5.01 Å². The van der Waals surface area contributed by atoms with Gasteiger partial charge in [-0.1, -0.05) is 52.7 Å². The zero-order valence-electron chi connectivity index (χ0n) is 15.6. The van der Waals surface area contributed by atoms with Gasteiger partial charge in [-0.15, -0.1) is 0 Å². The van der Waals surface area contributed by atoms with Crippen molar-refractivity contribution in [1.29, 1.82) is 0 Å². The highest BCUT2D eigenvalue weighted by atomic mass is 79.9. The minimum Gasteiger partial charge on any atom is -0.447 e. The Morgan fingerprint density at radius 2 is 1.96 bits per heavy atom. The molecule has 1 fully saturated rings. The molecule has 2 aromatic rings. The van der Waals surface area contributed by atoms with Gasteiger partial charge in [0.2, 0.25) is 0 Å². The van der Waals surface area contributed by atoms with Gasteiger partial charge < -0.3 is 4.74 Å². The normalized spacial score (nSPS) is 21.7. The van der Waals surface area contributed by atoms with Crippen molar-refractivity contribution >= 4 is 39.3 Å². The van der Waals surface area contributed by atoms with E-state index in [1.54, 1.807) is 5.01 Å². The van der Waals surface area contributed by atoms with Gasteiger partial charge >= 0.3 is 6.09 Å². The van der Waals surface area contributed by atoms with Crippen molar-refractivity contribution in [2.75, 3.05) is 18.2 Å². The van der Waals surface area contributed by atoms with Crippen LogP contribution in [0.15, 0.2) is 58.1 Å². The summed E-state index contributed by atoms with van der Waals surface area (Å²) in [6.45, 7) is 4.51. The number of hydrogen-bond donors (Lipinski definition) is 0. The lowest BCUT2D eigenvalue weighted by Gasteiger charge is -2.27. The molecule has 7 heteroatoms. The Morgan fingerprint density at radius 1 is 1.21 bits per heavy atom. The standard InChI is InChI=1S/C21H20BrN3O3/c1-13-4-3-5-15(12-13)18-14(2)19(20(26)24-10-11-28-21(24)27)25(23-18)17-8-6-16(22)7-9-17/h3-9,12,14,19H,10-11H2,1-2H3/t14-,19-/m1/s1. The van der Waals surface area contributed by atoms with E-state index in [1.165, 1.54) is 4.90 Å². The van der Waals surface area contributed by atoms with Crippen molar-refractivity contribution in [2.24, 2.45) is 11.0 Å². The van der Waals surface area contributed by atoms with Crippen molar-refractivity contribution in [2.45, 2.75) is 19.9 Å². The lowest BCUT2D eigenvalue weighted by molar-refractivity contribution is -0.129. The Kier molecular flexibility index (Phi) is 4.93. The highest BCUT2D eigenvalue weighted by Crippen LogP contribution is 2.33. The zero-order chi connectivity index (χ0) is 19.8. The average Bonchev–Trinajstić information content (AvgIpc) is 3.25. The summed E-state index contributed by atoms with van der Waals surface area (Å²) in [4.78, 5) is 26.4. The van der Waals surface area contributed by atoms with Crippen LogP contribution in [-0.4, -0.2) is 41.8 Å². The lowest BCUT2D eigenvalue weighted by Crippen LogP contribution is -2.48. The van der Waals surface area contributed by atoms with E-state index in [0.29, 0.717) is 0 Å². The molecule has 0 radical (unpaired) electrons. The Morgan fingerprint density at radius 3 is 2.61 bits per heavy atom. The maximum Gasteiger partial charge on any atom is 0.416 e. The van der Waals surface area contributed by atoms with Crippen molar-refractivity contribution in [3.8, 4) is 0 Å². The molecular weight excluding hydrogens is 422 g/mol. The first-order valence-corrected chi connectivity index (χ1v) is 9.93. The minimum atomic E-state index is -0.609. The molecule has 144 valence electrons. The van der Waals surface area contributed by atoms with Crippen LogP contribution in [-0.2, 0) is 9.53 Å². The summed E-state index contributed by atoms with van der Waals surface area (Å²) in [6.07, 6.45) is -0.586. The van der Waals surface area contributed by atoms with Crippen LogP contribution in [0.1, 0.15) is 18.1 Å². The summed E-state index contributed by atoms with van der Waals surface area (Å²) in [5, 5.41) is 6.54. The molecule has 0 aliphatic carbocycles. The Balaban J connectivity index is 1.76. The molecular formula is C21H20BrN3O3. The van der Waals surface area contributed by atoms with Gasteiger partial charge in [0.05, 0.1) is 17.9 Å². The number of halogens is 1. The molecule has 1 saturated heterocycles. The summed E-state index contributed by atoms with van der Waals surface area (Å²) in [7, 11) is 0. The molecule has 0 unspecified atom stereocenters. The number of cyclic esters (lactones) is 1. The number of ether oxygens (including phenoxy) is 1. The maximum absolute atomic E-state index is 13.3. The van der Waals surface area contributed by atoms with E-state index in [0.717, 1.165) is 27.0 Å². The van der Waals surface area contributed by atoms with Gasteiger partial charge in [0, 0.05) is 10.4 Å².